The minimum Gasteiger partial charge on any atom is -0.494 e. The van der Waals surface area contributed by atoms with E-state index in [1.807, 2.05) is 25.1 Å². The molecule has 0 aliphatic carbocycles. The summed E-state index contributed by atoms with van der Waals surface area (Å²) in [6.45, 7) is 3.02. The predicted octanol–water partition coefficient (Wildman–Crippen LogP) is 2.33. The zero-order valence-corrected chi connectivity index (χ0v) is 13.2. The summed E-state index contributed by atoms with van der Waals surface area (Å²) in [6.07, 6.45) is 2.39. The number of imide groups is 1. The van der Waals surface area contributed by atoms with Gasteiger partial charge >= 0.3 is 0 Å². The number of nitrogens with two attached hydrogens (primary N) is 1. The van der Waals surface area contributed by atoms with Crippen molar-refractivity contribution >= 4 is 41.4 Å². The van der Waals surface area contributed by atoms with E-state index in [2.05, 4.69) is 5.32 Å². The molecule has 1 saturated heterocycles. The zero-order chi connectivity index (χ0) is 14.5. The largest absolute Gasteiger partial charge is 0.494 e. The molecule has 0 bridgehead atoms. The van der Waals surface area contributed by atoms with Crippen molar-refractivity contribution in [3.05, 3.63) is 34.2 Å². The second kappa shape index (κ2) is 8.07. The Morgan fingerprint density at radius 1 is 1.38 bits per heavy atom. The molecule has 0 unspecified atom stereocenters. The van der Waals surface area contributed by atoms with Crippen LogP contribution in [0.2, 0.25) is 0 Å². The van der Waals surface area contributed by atoms with Crippen molar-refractivity contribution in [3.63, 3.8) is 0 Å². The van der Waals surface area contributed by atoms with E-state index in [9.17, 15) is 9.59 Å². The second-order valence-electron chi connectivity index (χ2n) is 4.18. The average molecular weight is 329 g/mol. The summed E-state index contributed by atoms with van der Waals surface area (Å²) in [7, 11) is 0. The van der Waals surface area contributed by atoms with Crippen LogP contribution in [-0.4, -0.2) is 24.3 Å². The Bertz CT molecular complexity index is 575. The van der Waals surface area contributed by atoms with Crippen molar-refractivity contribution in [1.82, 2.24) is 5.32 Å². The minimum absolute atomic E-state index is 0. The van der Waals surface area contributed by atoms with Crippen LogP contribution in [0.4, 0.5) is 4.79 Å². The maximum Gasteiger partial charge on any atom is 0.290 e. The van der Waals surface area contributed by atoms with Gasteiger partial charge in [-0.05, 0) is 61.0 Å². The first kappa shape index (κ1) is 17.6. The third-order valence-electron chi connectivity index (χ3n) is 2.77. The predicted molar refractivity (Wildman–Crippen MR) is 86.7 cm³/mol. The molecule has 21 heavy (non-hydrogen) atoms. The summed E-state index contributed by atoms with van der Waals surface area (Å²) < 4.78 is 5.46. The van der Waals surface area contributed by atoms with Crippen LogP contribution in [0.5, 0.6) is 5.75 Å². The number of hydrogen-bond acceptors (Lipinski definition) is 5. The number of ether oxygens (including phenoxy) is 1. The molecule has 2 rings (SSSR count). The zero-order valence-electron chi connectivity index (χ0n) is 11.5. The Kier molecular flexibility index (Phi) is 6.74. The molecule has 2 amide bonds. The van der Waals surface area contributed by atoms with E-state index >= 15 is 0 Å². The van der Waals surface area contributed by atoms with E-state index < -0.39 is 0 Å². The number of benzene rings is 1. The highest BCUT2D eigenvalue weighted by Crippen LogP contribution is 2.28. The highest BCUT2D eigenvalue weighted by molar-refractivity contribution is 8.18. The number of rotatable bonds is 5. The molecule has 1 heterocycles. The molecule has 7 heteroatoms. The van der Waals surface area contributed by atoms with Gasteiger partial charge in [-0.15, -0.1) is 12.4 Å². The molecule has 5 nitrogen and oxygen atoms in total. The summed E-state index contributed by atoms with van der Waals surface area (Å²) >= 11 is 0.909. The molecular weight excluding hydrogens is 312 g/mol. The fourth-order valence-corrected chi connectivity index (χ4v) is 2.59. The number of thioether (sulfide) groups is 1. The maximum absolute atomic E-state index is 11.6. The first-order valence-electron chi connectivity index (χ1n) is 6.34. The van der Waals surface area contributed by atoms with Gasteiger partial charge in [0.2, 0.25) is 0 Å². The van der Waals surface area contributed by atoms with Crippen LogP contribution in [0.25, 0.3) is 6.08 Å². The topological polar surface area (TPSA) is 81.4 Å². The summed E-state index contributed by atoms with van der Waals surface area (Å²) in [5.41, 5.74) is 7.49. The van der Waals surface area contributed by atoms with E-state index in [-0.39, 0.29) is 23.6 Å². The lowest BCUT2D eigenvalue weighted by atomic mass is 10.0. The molecular formula is C14H17ClN2O3S. The summed E-state index contributed by atoms with van der Waals surface area (Å²) in [4.78, 5) is 23.1. The van der Waals surface area contributed by atoms with Crippen molar-refractivity contribution in [2.45, 2.75) is 13.3 Å². The molecule has 1 aromatic carbocycles. The Hall–Kier alpha value is -1.50. The number of nitrogens with one attached hydrogen (secondary N) is 1. The summed E-state index contributed by atoms with van der Waals surface area (Å²) in [5.74, 6) is 0.422. The molecule has 114 valence electrons. The van der Waals surface area contributed by atoms with E-state index in [0.717, 1.165) is 28.6 Å². The fraction of sp³-hybridized carbons (Fsp3) is 0.286. The average Bonchev–Trinajstić information content (AvgIpc) is 2.71. The summed E-state index contributed by atoms with van der Waals surface area (Å²) in [5, 5.41) is 1.90. The van der Waals surface area contributed by atoms with Gasteiger partial charge in [-0.2, -0.15) is 0 Å². The number of carbonyl (C=O) groups is 2. The lowest BCUT2D eigenvalue weighted by Gasteiger charge is -2.09. The minimum atomic E-state index is -0.354. The highest BCUT2D eigenvalue weighted by Gasteiger charge is 2.25. The number of amides is 2. The van der Waals surface area contributed by atoms with Crippen molar-refractivity contribution in [2.75, 3.05) is 13.2 Å². The van der Waals surface area contributed by atoms with Gasteiger partial charge in [0.15, 0.2) is 0 Å². The monoisotopic (exact) mass is 328 g/mol. The fourth-order valence-electron chi connectivity index (χ4n) is 1.91. The van der Waals surface area contributed by atoms with Gasteiger partial charge in [0, 0.05) is 0 Å². The Labute approximate surface area is 133 Å². The van der Waals surface area contributed by atoms with Crippen LogP contribution in [0.3, 0.4) is 0 Å². The number of carbonyl (C=O) groups excluding carboxylic acids is 2. The first-order valence-corrected chi connectivity index (χ1v) is 7.16. The molecule has 0 radical (unpaired) electrons. The molecule has 0 atom stereocenters. The van der Waals surface area contributed by atoms with E-state index in [4.69, 9.17) is 10.5 Å². The summed E-state index contributed by atoms with van der Waals surface area (Å²) in [6, 6.07) is 5.64. The number of hydrogen-bond donors (Lipinski definition) is 2. The van der Waals surface area contributed by atoms with Crippen LogP contribution < -0.4 is 15.8 Å². The third kappa shape index (κ3) is 4.49. The third-order valence-corrected chi connectivity index (χ3v) is 3.58. The van der Waals surface area contributed by atoms with Gasteiger partial charge in [-0.3, -0.25) is 14.9 Å². The maximum atomic E-state index is 11.6. The second-order valence-corrected chi connectivity index (χ2v) is 5.20. The van der Waals surface area contributed by atoms with E-state index in [1.54, 1.807) is 6.08 Å². The Balaban J connectivity index is 0.00000220. The van der Waals surface area contributed by atoms with Crippen molar-refractivity contribution in [2.24, 2.45) is 5.73 Å². The molecule has 1 aliphatic heterocycles. The molecule has 0 aromatic heterocycles. The van der Waals surface area contributed by atoms with Crippen molar-refractivity contribution < 1.29 is 14.3 Å². The van der Waals surface area contributed by atoms with Crippen LogP contribution in [0, 0.1) is 0 Å². The smallest absolute Gasteiger partial charge is 0.290 e. The normalized spacial score (nSPS) is 15.8. The van der Waals surface area contributed by atoms with Gasteiger partial charge in [-0.1, -0.05) is 6.07 Å². The molecule has 3 N–H and O–H groups in total. The van der Waals surface area contributed by atoms with Crippen LogP contribution >= 0.6 is 24.2 Å². The SMILES string of the molecule is CCOc1ccc(/C=C2\SC(=O)NC2=O)c(CCN)c1.Cl. The van der Waals surface area contributed by atoms with Gasteiger partial charge in [0.25, 0.3) is 11.1 Å². The van der Waals surface area contributed by atoms with Gasteiger partial charge in [0.1, 0.15) is 5.75 Å². The molecule has 0 saturated carbocycles. The van der Waals surface area contributed by atoms with Crippen LogP contribution in [0.1, 0.15) is 18.1 Å². The lowest BCUT2D eigenvalue weighted by molar-refractivity contribution is -0.115. The molecule has 1 aliphatic rings. The Morgan fingerprint density at radius 2 is 2.14 bits per heavy atom. The number of halogens is 1. The molecule has 1 aromatic rings. The molecule has 0 spiro atoms. The first-order chi connectivity index (χ1) is 9.63. The highest BCUT2D eigenvalue weighted by atomic mass is 35.5. The lowest BCUT2D eigenvalue weighted by Crippen LogP contribution is -2.17. The molecule has 1 fully saturated rings. The quantitative estimate of drug-likeness (QED) is 0.811. The van der Waals surface area contributed by atoms with Crippen LogP contribution in [0.15, 0.2) is 23.1 Å². The van der Waals surface area contributed by atoms with Crippen LogP contribution in [-0.2, 0) is 11.2 Å². The van der Waals surface area contributed by atoms with Gasteiger partial charge in [-0.25, -0.2) is 0 Å². The van der Waals surface area contributed by atoms with Gasteiger partial charge < -0.3 is 10.5 Å². The van der Waals surface area contributed by atoms with E-state index in [0.29, 0.717) is 24.5 Å². The standard InChI is InChI=1S/C14H16N2O3S.ClH/c1-2-19-11-4-3-9(10(7-11)5-6-15)8-12-13(17)16-14(18)20-12;/h3-4,7-8H,2,5-6,15H2,1H3,(H,16,17,18);1H/b12-8-;. The Morgan fingerprint density at radius 3 is 2.71 bits per heavy atom. The van der Waals surface area contributed by atoms with Gasteiger partial charge in [0.05, 0.1) is 11.5 Å². The van der Waals surface area contributed by atoms with E-state index in [1.165, 1.54) is 0 Å². The van der Waals surface area contributed by atoms with Crippen molar-refractivity contribution in [3.8, 4) is 5.75 Å². The van der Waals surface area contributed by atoms with Crippen molar-refractivity contribution in [1.29, 1.82) is 0 Å².